The van der Waals surface area contributed by atoms with Gasteiger partial charge in [0.05, 0.1) is 23.9 Å². The van der Waals surface area contributed by atoms with Gasteiger partial charge in [-0.25, -0.2) is 23.2 Å². The molecule has 30 heavy (non-hydrogen) atoms. The molecule has 2 aromatic heterocycles. The van der Waals surface area contributed by atoms with Crippen LogP contribution in [0.1, 0.15) is 11.1 Å². The second kappa shape index (κ2) is 7.70. The largest absolute Gasteiger partial charge is 0.419 e. The molecule has 3 rings (SSSR count). The Morgan fingerprint density at radius 2 is 1.93 bits per heavy atom. The molecule has 0 aliphatic carbocycles. The van der Waals surface area contributed by atoms with Crippen molar-refractivity contribution in [3.8, 4) is 16.8 Å². The van der Waals surface area contributed by atoms with E-state index in [4.69, 9.17) is 22.5 Å². The number of primary sulfonamides is 1. The number of aromatic nitrogens is 3. The molecule has 0 spiro atoms. The van der Waals surface area contributed by atoms with Crippen molar-refractivity contribution < 1.29 is 26.4 Å². The van der Waals surface area contributed by atoms with Crippen molar-refractivity contribution >= 4 is 27.5 Å². The molecular formula is C17H13ClF3N5O3S. The summed E-state index contributed by atoms with van der Waals surface area (Å²) in [5.41, 5.74) is 4.05. The van der Waals surface area contributed by atoms with Crippen LogP contribution in [0, 0.1) is 0 Å². The number of sulfonamides is 1. The molecule has 0 saturated carbocycles. The highest BCUT2D eigenvalue weighted by molar-refractivity contribution is 7.89. The van der Waals surface area contributed by atoms with Gasteiger partial charge < -0.3 is 5.73 Å². The van der Waals surface area contributed by atoms with Crippen LogP contribution in [-0.4, -0.2) is 29.1 Å². The van der Waals surface area contributed by atoms with Gasteiger partial charge in [0.1, 0.15) is 10.0 Å². The fourth-order valence-corrected chi connectivity index (χ4v) is 4.08. The number of carbonyl (C=O) groups is 1. The Labute approximate surface area is 173 Å². The predicted molar refractivity (Wildman–Crippen MR) is 101 cm³/mol. The molecule has 0 atom stereocenters. The van der Waals surface area contributed by atoms with Gasteiger partial charge in [-0.05, 0) is 23.8 Å². The topological polar surface area (TPSA) is 134 Å². The number of carbonyl (C=O) groups excluding carboxylic acids is 1. The number of halogens is 4. The first-order chi connectivity index (χ1) is 13.9. The zero-order valence-corrected chi connectivity index (χ0v) is 16.5. The Kier molecular flexibility index (Phi) is 5.58. The molecule has 4 N–H and O–H groups in total. The predicted octanol–water partition coefficient (Wildman–Crippen LogP) is 2.28. The summed E-state index contributed by atoms with van der Waals surface area (Å²) in [6, 6.07) is 5.41. The van der Waals surface area contributed by atoms with Gasteiger partial charge in [-0.3, -0.25) is 4.79 Å². The van der Waals surface area contributed by atoms with E-state index in [1.807, 2.05) is 0 Å². The molecule has 0 unspecified atom stereocenters. The van der Waals surface area contributed by atoms with Crippen molar-refractivity contribution in [3.05, 3.63) is 59.1 Å². The second-order valence-electron chi connectivity index (χ2n) is 6.15. The number of pyridine rings is 1. The Morgan fingerprint density at radius 3 is 2.47 bits per heavy atom. The summed E-state index contributed by atoms with van der Waals surface area (Å²) in [6.45, 7) is 0. The lowest BCUT2D eigenvalue weighted by atomic mass is 9.97. The van der Waals surface area contributed by atoms with Crippen LogP contribution in [0.3, 0.4) is 0 Å². The Balaban J connectivity index is 2.41. The monoisotopic (exact) mass is 459 g/mol. The standard InChI is InChI=1S/C17H13ClF3N5O3S/c18-16-11(2-1-5-24-16)14-9(6-13(22)27)3-4-12(15(14)30(23,28)29)26-8-10(7-25-26)17(19,20)21/h1-5,7-8H,6H2,(H2,22,27)(H2,23,28,29). The number of nitrogens with zero attached hydrogens (tertiary/aromatic N) is 3. The number of rotatable bonds is 5. The van der Waals surface area contributed by atoms with Crippen LogP contribution in [-0.2, 0) is 27.4 Å². The van der Waals surface area contributed by atoms with E-state index in [1.165, 1.54) is 30.5 Å². The van der Waals surface area contributed by atoms with E-state index in [-0.39, 0.29) is 34.0 Å². The lowest BCUT2D eigenvalue weighted by Crippen LogP contribution is -2.20. The molecule has 0 bridgehead atoms. The zero-order chi connectivity index (χ0) is 22.3. The lowest BCUT2D eigenvalue weighted by molar-refractivity contribution is -0.137. The average molecular weight is 460 g/mol. The maximum absolute atomic E-state index is 13.0. The summed E-state index contributed by atoms with van der Waals surface area (Å²) in [6.07, 6.45) is -2.56. The number of hydrogen-bond donors (Lipinski definition) is 2. The van der Waals surface area contributed by atoms with Gasteiger partial charge in [0, 0.05) is 23.5 Å². The third-order valence-electron chi connectivity index (χ3n) is 4.06. The minimum atomic E-state index is -4.69. The maximum atomic E-state index is 13.0. The first kappa shape index (κ1) is 21.7. The van der Waals surface area contributed by atoms with E-state index in [2.05, 4.69) is 10.1 Å². The van der Waals surface area contributed by atoms with Gasteiger partial charge in [-0.15, -0.1) is 0 Å². The van der Waals surface area contributed by atoms with Crippen LogP contribution in [0.15, 0.2) is 47.8 Å². The first-order valence-corrected chi connectivity index (χ1v) is 10.0. The molecule has 1 amide bonds. The molecule has 3 aromatic rings. The van der Waals surface area contributed by atoms with E-state index < -0.39 is 32.6 Å². The van der Waals surface area contributed by atoms with Gasteiger partial charge in [0.2, 0.25) is 15.9 Å². The van der Waals surface area contributed by atoms with Crippen molar-refractivity contribution in [2.75, 3.05) is 0 Å². The van der Waals surface area contributed by atoms with E-state index >= 15 is 0 Å². The highest BCUT2D eigenvalue weighted by Gasteiger charge is 2.33. The van der Waals surface area contributed by atoms with E-state index in [9.17, 15) is 26.4 Å². The lowest BCUT2D eigenvalue weighted by Gasteiger charge is -2.18. The molecule has 2 heterocycles. The van der Waals surface area contributed by atoms with E-state index in [0.717, 1.165) is 4.68 Å². The molecule has 1 aromatic carbocycles. The van der Waals surface area contributed by atoms with Crippen molar-refractivity contribution in [1.82, 2.24) is 14.8 Å². The summed E-state index contributed by atoms with van der Waals surface area (Å²) >= 11 is 6.12. The van der Waals surface area contributed by atoms with E-state index in [1.54, 1.807) is 0 Å². The average Bonchev–Trinajstić information content (AvgIpc) is 3.11. The van der Waals surface area contributed by atoms with Crippen molar-refractivity contribution in [2.45, 2.75) is 17.5 Å². The molecule has 0 aliphatic heterocycles. The number of benzene rings is 1. The quantitative estimate of drug-likeness (QED) is 0.564. The third-order valence-corrected chi connectivity index (χ3v) is 5.34. The Morgan fingerprint density at radius 1 is 1.23 bits per heavy atom. The van der Waals surface area contributed by atoms with Crippen LogP contribution in [0.25, 0.3) is 16.8 Å². The summed E-state index contributed by atoms with van der Waals surface area (Å²) in [5.74, 6) is -0.775. The SMILES string of the molecule is NC(=O)Cc1ccc(-n2cc(C(F)(F)F)cn2)c(S(N)(=O)=O)c1-c1cccnc1Cl. The molecule has 0 radical (unpaired) electrons. The minimum absolute atomic E-state index is 0.101. The minimum Gasteiger partial charge on any atom is -0.369 e. The maximum Gasteiger partial charge on any atom is 0.419 e. The number of amides is 1. The van der Waals surface area contributed by atoms with Gasteiger partial charge in [-0.1, -0.05) is 17.7 Å². The molecule has 158 valence electrons. The van der Waals surface area contributed by atoms with Gasteiger partial charge in [0.15, 0.2) is 0 Å². The summed E-state index contributed by atoms with van der Waals surface area (Å²) in [4.78, 5) is 14.8. The highest BCUT2D eigenvalue weighted by atomic mass is 35.5. The van der Waals surface area contributed by atoms with Gasteiger partial charge in [0.25, 0.3) is 0 Å². The van der Waals surface area contributed by atoms with E-state index in [0.29, 0.717) is 12.4 Å². The van der Waals surface area contributed by atoms with Gasteiger partial charge >= 0.3 is 6.18 Å². The van der Waals surface area contributed by atoms with Gasteiger partial charge in [-0.2, -0.15) is 18.3 Å². The Hall–Kier alpha value is -2.96. The molecule has 13 heteroatoms. The molecular weight excluding hydrogens is 447 g/mol. The fraction of sp³-hybridized carbons (Fsp3) is 0.118. The summed E-state index contributed by atoms with van der Waals surface area (Å²) in [5, 5.41) is 8.91. The zero-order valence-electron chi connectivity index (χ0n) is 14.9. The molecule has 0 saturated heterocycles. The van der Waals surface area contributed by atoms with Crippen LogP contribution < -0.4 is 10.9 Å². The summed E-state index contributed by atoms with van der Waals surface area (Å²) < 4.78 is 64.7. The smallest absolute Gasteiger partial charge is 0.369 e. The van der Waals surface area contributed by atoms with Crippen LogP contribution in [0.5, 0.6) is 0 Å². The summed E-state index contributed by atoms with van der Waals surface area (Å²) in [7, 11) is -4.54. The number of primary amides is 1. The number of alkyl halides is 3. The molecule has 8 nitrogen and oxygen atoms in total. The third kappa shape index (κ3) is 4.30. The molecule has 0 fully saturated rings. The molecule has 0 aliphatic rings. The number of nitrogens with two attached hydrogens (primary N) is 2. The normalized spacial score (nSPS) is 12.2. The van der Waals surface area contributed by atoms with Crippen LogP contribution in [0.4, 0.5) is 13.2 Å². The van der Waals surface area contributed by atoms with Crippen molar-refractivity contribution in [1.29, 1.82) is 0 Å². The number of hydrogen-bond acceptors (Lipinski definition) is 5. The van der Waals surface area contributed by atoms with Crippen molar-refractivity contribution in [2.24, 2.45) is 10.9 Å². The highest BCUT2D eigenvalue weighted by Crippen LogP contribution is 2.38. The van der Waals surface area contributed by atoms with Crippen molar-refractivity contribution in [3.63, 3.8) is 0 Å². The second-order valence-corrected chi connectivity index (χ2v) is 8.01. The Bertz CT molecular complexity index is 1240. The van der Waals surface area contributed by atoms with Crippen LogP contribution in [0.2, 0.25) is 5.15 Å². The fourth-order valence-electron chi connectivity index (χ4n) is 2.88. The van der Waals surface area contributed by atoms with Crippen LogP contribution >= 0.6 is 11.6 Å². The first-order valence-electron chi connectivity index (χ1n) is 8.09.